The average Bonchev–Trinajstić information content (AvgIpc) is 2.17. The van der Waals surface area contributed by atoms with E-state index in [0.717, 1.165) is 12.0 Å². The zero-order valence-electron chi connectivity index (χ0n) is 7.24. The fraction of sp³-hybridized carbons (Fsp3) is 0.333. The van der Waals surface area contributed by atoms with Crippen LogP contribution in [0.1, 0.15) is 23.7 Å². The van der Waals surface area contributed by atoms with Gasteiger partial charge in [-0.1, -0.05) is 35.0 Å². The highest BCUT2D eigenvalue weighted by Gasteiger charge is 2.09. The Labute approximate surface area is 85.0 Å². The molecule has 0 bridgehead atoms. The summed E-state index contributed by atoms with van der Waals surface area (Å²) in [5.41, 5.74) is 1.10. The van der Waals surface area contributed by atoms with Crippen molar-refractivity contribution in [2.75, 3.05) is 0 Å². The Morgan fingerprint density at radius 3 is 2.85 bits per heavy atom. The molecule has 0 amide bonds. The Balaban J connectivity index is 2.98. The molecule has 0 aliphatic rings. The molecule has 0 aliphatic heterocycles. The SMILES string of the molecule is CC[C@H](Br)c1cccc([N+](=O)[O-])c1. The van der Waals surface area contributed by atoms with Crippen LogP contribution in [0.3, 0.4) is 0 Å². The topological polar surface area (TPSA) is 43.1 Å². The van der Waals surface area contributed by atoms with Gasteiger partial charge in [-0.25, -0.2) is 0 Å². The zero-order chi connectivity index (χ0) is 9.84. The highest BCUT2D eigenvalue weighted by Crippen LogP contribution is 2.28. The van der Waals surface area contributed by atoms with Crippen molar-refractivity contribution < 1.29 is 4.92 Å². The molecule has 0 N–H and O–H groups in total. The molecule has 0 unspecified atom stereocenters. The van der Waals surface area contributed by atoms with Gasteiger partial charge in [-0.3, -0.25) is 10.1 Å². The van der Waals surface area contributed by atoms with Crippen LogP contribution in [0.2, 0.25) is 0 Å². The molecule has 13 heavy (non-hydrogen) atoms. The summed E-state index contributed by atoms with van der Waals surface area (Å²) in [5.74, 6) is 0. The fourth-order valence-corrected chi connectivity index (χ4v) is 1.35. The third-order valence-electron chi connectivity index (χ3n) is 1.80. The van der Waals surface area contributed by atoms with E-state index in [9.17, 15) is 10.1 Å². The maximum atomic E-state index is 10.5. The molecule has 0 spiro atoms. The van der Waals surface area contributed by atoms with Gasteiger partial charge in [-0.05, 0) is 12.0 Å². The van der Waals surface area contributed by atoms with Crippen molar-refractivity contribution in [2.24, 2.45) is 0 Å². The van der Waals surface area contributed by atoms with Crippen molar-refractivity contribution in [1.82, 2.24) is 0 Å². The summed E-state index contributed by atoms with van der Waals surface area (Å²) in [5, 5.41) is 10.5. The Morgan fingerprint density at radius 2 is 2.31 bits per heavy atom. The van der Waals surface area contributed by atoms with Crippen molar-refractivity contribution in [3.05, 3.63) is 39.9 Å². The van der Waals surface area contributed by atoms with Crippen LogP contribution in [0.25, 0.3) is 0 Å². The van der Waals surface area contributed by atoms with Crippen LogP contribution in [0.15, 0.2) is 24.3 Å². The van der Waals surface area contributed by atoms with Crippen LogP contribution in [0.5, 0.6) is 0 Å². The number of non-ortho nitro benzene ring substituents is 1. The van der Waals surface area contributed by atoms with E-state index in [0.29, 0.717) is 0 Å². The number of halogens is 1. The molecular weight excluding hydrogens is 234 g/mol. The average molecular weight is 244 g/mol. The first-order valence-electron chi connectivity index (χ1n) is 4.03. The minimum Gasteiger partial charge on any atom is -0.258 e. The molecule has 3 nitrogen and oxygen atoms in total. The van der Waals surface area contributed by atoms with Crippen molar-refractivity contribution >= 4 is 21.6 Å². The van der Waals surface area contributed by atoms with E-state index in [2.05, 4.69) is 15.9 Å². The zero-order valence-corrected chi connectivity index (χ0v) is 8.82. The standard InChI is InChI=1S/C9H10BrNO2/c1-2-9(10)7-4-3-5-8(6-7)11(12)13/h3-6,9H,2H2,1H3/t9-/m0/s1. The summed E-state index contributed by atoms with van der Waals surface area (Å²) < 4.78 is 0. The number of nitro benzene ring substituents is 1. The summed E-state index contributed by atoms with van der Waals surface area (Å²) in [6.45, 7) is 2.03. The lowest BCUT2D eigenvalue weighted by Gasteiger charge is -2.05. The molecule has 0 fully saturated rings. The molecule has 1 atom stereocenters. The van der Waals surface area contributed by atoms with Crippen LogP contribution in [0, 0.1) is 10.1 Å². The lowest BCUT2D eigenvalue weighted by molar-refractivity contribution is -0.384. The number of nitro groups is 1. The van der Waals surface area contributed by atoms with Gasteiger partial charge in [-0.2, -0.15) is 0 Å². The molecule has 0 saturated heterocycles. The van der Waals surface area contributed by atoms with Crippen molar-refractivity contribution in [1.29, 1.82) is 0 Å². The summed E-state index contributed by atoms with van der Waals surface area (Å²) in [6, 6.07) is 6.69. The lowest BCUT2D eigenvalue weighted by Crippen LogP contribution is -1.91. The van der Waals surface area contributed by atoms with Gasteiger partial charge in [0.2, 0.25) is 0 Å². The molecule has 1 aromatic carbocycles. The quantitative estimate of drug-likeness (QED) is 0.464. The van der Waals surface area contributed by atoms with E-state index in [1.807, 2.05) is 13.0 Å². The third kappa shape index (κ3) is 2.52. The molecule has 70 valence electrons. The predicted octanol–water partition coefficient (Wildman–Crippen LogP) is 3.44. The van der Waals surface area contributed by atoms with E-state index < -0.39 is 0 Å². The maximum Gasteiger partial charge on any atom is 0.269 e. The second kappa shape index (κ2) is 4.37. The van der Waals surface area contributed by atoms with Gasteiger partial charge in [0.25, 0.3) is 5.69 Å². The summed E-state index contributed by atoms with van der Waals surface area (Å²) in [6.07, 6.45) is 0.918. The van der Waals surface area contributed by atoms with Gasteiger partial charge in [-0.15, -0.1) is 0 Å². The summed E-state index contributed by atoms with van der Waals surface area (Å²) in [7, 11) is 0. The predicted molar refractivity (Wildman–Crippen MR) is 55.1 cm³/mol. The van der Waals surface area contributed by atoms with Crippen LogP contribution in [-0.4, -0.2) is 4.92 Å². The molecule has 1 rings (SSSR count). The first-order valence-corrected chi connectivity index (χ1v) is 4.95. The molecule has 0 saturated carbocycles. The van der Waals surface area contributed by atoms with Gasteiger partial charge in [0.15, 0.2) is 0 Å². The largest absolute Gasteiger partial charge is 0.269 e. The molecular formula is C9H10BrNO2. The first-order chi connectivity index (χ1) is 6.15. The highest BCUT2D eigenvalue weighted by atomic mass is 79.9. The van der Waals surface area contributed by atoms with E-state index in [-0.39, 0.29) is 15.4 Å². The molecule has 1 aromatic rings. The van der Waals surface area contributed by atoms with Crippen molar-refractivity contribution in [3.8, 4) is 0 Å². The van der Waals surface area contributed by atoms with Crippen molar-refractivity contribution in [2.45, 2.75) is 18.2 Å². The Morgan fingerprint density at radius 1 is 1.62 bits per heavy atom. The summed E-state index contributed by atoms with van der Waals surface area (Å²) >= 11 is 3.45. The number of alkyl halides is 1. The minimum atomic E-state index is -0.376. The molecule has 0 radical (unpaired) electrons. The maximum absolute atomic E-state index is 10.5. The van der Waals surface area contributed by atoms with E-state index in [1.54, 1.807) is 12.1 Å². The second-order valence-electron chi connectivity index (χ2n) is 2.73. The number of rotatable bonds is 3. The van der Waals surface area contributed by atoms with Gasteiger partial charge >= 0.3 is 0 Å². The number of benzene rings is 1. The molecule has 0 heterocycles. The van der Waals surface area contributed by atoms with E-state index in [1.165, 1.54) is 6.07 Å². The Hall–Kier alpha value is -0.900. The lowest BCUT2D eigenvalue weighted by atomic mass is 10.1. The number of hydrogen-bond donors (Lipinski definition) is 0. The minimum absolute atomic E-state index is 0.149. The smallest absolute Gasteiger partial charge is 0.258 e. The fourth-order valence-electron chi connectivity index (χ4n) is 1.07. The second-order valence-corrected chi connectivity index (χ2v) is 3.83. The van der Waals surface area contributed by atoms with E-state index >= 15 is 0 Å². The molecule has 0 aromatic heterocycles. The van der Waals surface area contributed by atoms with Gasteiger partial charge < -0.3 is 0 Å². The van der Waals surface area contributed by atoms with E-state index in [4.69, 9.17) is 0 Å². The summed E-state index contributed by atoms with van der Waals surface area (Å²) in [4.78, 5) is 10.3. The van der Waals surface area contributed by atoms with Gasteiger partial charge in [0.1, 0.15) is 0 Å². The van der Waals surface area contributed by atoms with Crippen LogP contribution in [-0.2, 0) is 0 Å². The van der Waals surface area contributed by atoms with Crippen LogP contribution >= 0.6 is 15.9 Å². The molecule has 0 aliphatic carbocycles. The Kier molecular flexibility index (Phi) is 3.42. The number of hydrogen-bond acceptors (Lipinski definition) is 2. The first kappa shape index (κ1) is 10.2. The third-order valence-corrected chi connectivity index (χ3v) is 2.98. The normalized spacial score (nSPS) is 12.5. The van der Waals surface area contributed by atoms with Crippen molar-refractivity contribution in [3.63, 3.8) is 0 Å². The Bertz CT molecular complexity index is 314. The van der Waals surface area contributed by atoms with Gasteiger partial charge in [0, 0.05) is 17.0 Å². The van der Waals surface area contributed by atoms with Crippen LogP contribution < -0.4 is 0 Å². The highest BCUT2D eigenvalue weighted by molar-refractivity contribution is 9.09. The van der Waals surface area contributed by atoms with Gasteiger partial charge in [0.05, 0.1) is 4.92 Å². The monoisotopic (exact) mass is 243 g/mol. The number of nitrogens with zero attached hydrogens (tertiary/aromatic N) is 1. The van der Waals surface area contributed by atoms with Crippen LogP contribution in [0.4, 0.5) is 5.69 Å². The molecule has 4 heteroatoms.